The van der Waals surface area contributed by atoms with Gasteiger partial charge in [-0.25, -0.2) is 9.37 Å². The van der Waals surface area contributed by atoms with Crippen molar-refractivity contribution in [2.75, 3.05) is 20.2 Å². The number of carbonyl (C=O) groups is 1. The van der Waals surface area contributed by atoms with Gasteiger partial charge in [-0.3, -0.25) is 4.79 Å². The number of aromatic amines is 1. The lowest BCUT2D eigenvalue weighted by Crippen LogP contribution is -2.48. The summed E-state index contributed by atoms with van der Waals surface area (Å²) >= 11 is 0. The van der Waals surface area contributed by atoms with Crippen molar-refractivity contribution in [2.24, 2.45) is 5.92 Å². The number of imidazole rings is 1. The van der Waals surface area contributed by atoms with Gasteiger partial charge in [0.05, 0.1) is 18.9 Å². The third-order valence-corrected chi connectivity index (χ3v) is 4.66. The largest absolute Gasteiger partial charge is 0.379 e. The highest BCUT2D eigenvalue weighted by molar-refractivity contribution is 5.78. The molecule has 0 aliphatic carbocycles. The number of hydrogen-bond donors (Lipinski definition) is 1. The van der Waals surface area contributed by atoms with E-state index in [4.69, 9.17) is 4.74 Å². The van der Waals surface area contributed by atoms with Crippen molar-refractivity contribution in [3.05, 3.63) is 53.9 Å². The summed E-state index contributed by atoms with van der Waals surface area (Å²) in [6.07, 6.45) is 5.29. The molecule has 1 aliphatic heterocycles. The lowest BCUT2D eigenvalue weighted by atomic mass is 9.87. The highest BCUT2D eigenvalue weighted by Crippen LogP contribution is 2.24. The number of piperidine rings is 1. The van der Waals surface area contributed by atoms with Gasteiger partial charge in [0.1, 0.15) is 5.82 Å². The summed E-state index contributed by atoms with van der Waals surface area (Å²) in [4.78, 5) is 21.2. The Balaban J connectivity index is 1.59. The number of carbonyl (C=O) groups excluding carboxylic acids is 1. The highest BCUT2D eigenvalue weighted by Gasteiger charge is 2.31. The van der Waals surface area contributed by atoms with Gasteiger partial charge in [0.25, 0.3) is 0 Å². The smallest absolute Gasteiger partial charge is 0.228 e. The van der Waals surface area contributed by atoms with Crippen molar-refractivity contribution in [2.45, 2.75) is 25.4 Å². The third kappa shape index (κ3) is 4.00. The first-order chi connectivity index (χ1) is 11.7. The molecule has 1 N–H and O–H groups in total. The summed E-state index contributed by atoms with van der Waals surface area (Å²) in [5, 5.41) is 0. The minimum absolute atomic E-state index is 0.00507. The Kier molecular flexibility index (Phi) is 5.25. The van der Waals surface area contributed by atoms with E-state index >= 15 is 0 Å². The molecule has 1 aromatic carbocycles. The number of H-pyrrole nitrogens is 1. The molecule has 24 heavy (non-hydrogen) atoms. The number of nitrogens with one attached hydrogen (secondary N) is 1. The molecule has 2 heterocycles. The Morgan fingerprint density at radius 2 is 2.21 bits per heavy atom. The Hall–Kier alpha value is -2.21. The number of halogens is 1. The first-order valence-electron chi connectivity index (χ1n) is 8.18. The van der Waals surface area contributed by atoms with Crippen LogP contribution in [0.25, 0.3) is 0 Å². The highest BCUT2D eigenvalue weighted by atomic mass is 19.1. The van der Waals surface area contributed by atoms with Crippen LogP contribution in [0.1, 0.15) is 17.7 Å². The van der Waals surface area contributed by atoms with Crippen LogP contribution in [0.15, 0.2) is 36.8 Å². The van der Waals surface area contributed by atoms with Crippen LogP contribution in [0.4, 0.5) is 4.39 Å². The van der Waals surface area contributed by atoms with Gasteiger partial charge in [-0.1, -0.05) is 12.1 Å². The van der Waals surface area contributed by atoms with Crippen LogP contribution >= 0.6 is 0 Å². The SMILES string of the molecule is CO[C@H]1CN(C(=O)Cc2cnc[nH]2)CC[C@@H]1Cc1ccc(F)cc1. The minimum atomic E-state index is -0.221. The summed E-state index contributed by atoms with van der Waals surface area (Å²) in [7, 11) is 1.69. The number of ether oxygens (including phenoxy) is 1. The fraction of sp³-hybridized carbons (Fsp3) is 0.444. The van der Waals surface area contributed by atoms with Gasteiger partial charge >= 0.3 is 0 Å². The first-order valence-corrected chi connectivity index (χ1v) is 8.18. The predicted octanol–water partition coefficient (Wildman–Crippen LogP) is 2.20. The monoisotopic (exact) mass is 331 g/mol. The quantitative estimate of drug-likeness (QED) is 0.914. The maximum atomic E-state index is 13.0. The van der Waals surface area contributed by atoms with Crippen molar-refractivity contribution in [3.63, 3.8) is 0 Å². The molecule has 0 saturated carbocycles. The van der Waals surface area contributed by atoms with Gasteiger partial charge in [0.2, 0.25) is 5.91 Å². The van der Waals surface area contributed by atoms with Crippen molar-refractivity contribution < 1.29 is 13.9 Å². The van der Waals surface area contributed by atoms with E-state index in [1.807, 2.05) is 17.0 Å². The molecule has 2 atom stereocenters. The topological polar surface area (TPSA) is 58.2 Å². The van der Waals surface area contributed by atoms with Gasteiger partial charge in [-0.15, -0.1) is 0 Å². The molecule has 0 radical (unpaired) electrons. The lowest BCUT2D eigenvalue weighted by molar-refractivity contribution is -0.135. The summed E-state index contributed by atoms with van der Waals surface area (Å²) in [5.41, 5.74) is 1.92. The van der Waals surface area contributed by atoms with Crippen LogP contribution in [0, 0.1) is 11.7 Å². The third-order valence-electron chi connectivity index (χ3n) is 4.66. The molecule has 3 rings (SSSR count). The van der Waals surface area contributed by atoms with E-state index in [0.29, 0.717) is 18.9 Å². The van der Waals surface area contributed by atoms with E-state index in [9.17, 15) is 9.18 Å². The van der Waals surface area contributed by atoms with Crippen LogP contribution in [0.2, 0.25) is 0 Å². The maximum Gasteiger partial charge on any atom is 0.228 e. The van der Waals surface area contributed by atoms with Crippen molar-refractivity contribution in [3.8, 4) is 0 Å². The molecule has 1 amide bonds. The van der Waals surface area contributed by atoms with E-state index in [1.54, 1.807) is 19.6 Å². The van der Waals surface area contributed by atoms with E-state index in [-0.39, 0.29) is 17.8 Å². The Bertz CT molecular complexity index is 657. The van der Waals surface area contributed by atoms with Crippen LogP contribution < -0.4 is 0 Å². The van der Waals surface area contributed by atoms with Gasteiger partial charge in [0.15, 0.2) is 0 Å². The van der Waals surface area contributed by atoms with E-state index in [0.717, 1.165) is 30.6 Å². The standard InChI is InChI=1S/C18H22FN3O2/c1-24-17-11-22(18(23)9-16-10-20-12-21-16)7-6-14(17)8-13-2-4-15(19)5-3-13/h2-5,10,12,14,17H,6-9,11H2,1H3,(H,20,21)/t14-,17+/m1/s1. The molecule has 128 valence electrons. The number of aromatic nitrogens is 2. The second kappa shape index (κ2) is 7.57. The second-order valence-electron chi connectivity index (χ2n) is 6.25. The second-order valence-corrected chi connectivity index (χ2v) is 6.25. The number of nitrogens with zero attached hydrogens (tertiary/aromatic N) is 2. The molecular weight excluding hydrogens is 309 g/mol. The molecule has 1 aromatic heterocycles. The molecule has 0 unspecified atom stereocenters. The predicted molar refractivity (Wildman–Crippen MR) is 87.9 cm³/mol. The molecule has 2 aromatic rings. The molecule has 0 bridgehead atoms. The Morgan fingerprint density at radius 1 is 1.42 bits per heavy atom. The molecular formula is C18H22FN3O2. The van der Waals surface area contributed by atoms with Crippen LogP contribution in [0.5, 0.6) is 0 Å². The Labute approximate surface area is 140 Å². The zero-order valence-corrected chi connectivity index (χ0v) is 13.7. The summed E-state index contributed by atoms with van der Waals surface area (Å²) in [6, 6.07) is 6.61. The number of methoxy groups -OCH3 is 1. The zero-order valence-electron chi connectivity index (χ0n) is 13.7. The van der Waals surface area contributed by atoms with E-state index < -0.39 is 0 Å². The van der Waals surface area contributed by atoms with Crippen LogP contribution in [0.3, 0.4) is 0 Å². The van der Waals surface area contributed by atoms with Gasteiger partial charge in [-0.2, -0.15) is 0 Å². The minimum Gasteiger partial charge on any atom is -0.379 e. The molecule has 1 aliphatic rings. The zero-order chi connectivity index (χ0) is 16.9. The number of rotatable bonds is 5. The molecule has 6 heteroatoms. The van der Waals surface area contributed by atoms with Crippen LogP contribution in [-0.2, 0) is 22.4 Å². The molecule has 5 nitrogen and oxygen atoms in total. The maximum absolute atomic E-state index is 13.0. The fourth-order valence-electron chi connectivity index (χ4n) is 3.27. The average molecular weight is 331 g/mol. The number of likely N-dealkylation sites (tertiary alicyclic amines) is 1. The van der Waals surface area contributed by atoms with Gasteiger partial charge in [0, 0.05) is 32.1 Å². The van der Waals surface area contributed by atoms with E-state index in [2.05, 4.69) is 9.97 Å². The molecule has 1 saturated heterocycles. The molecule has 0 spiro atoms. The van der Waals surface area contributed by atoms with Crippen LogP contribution in [-0.4, -0.2) is 47.1 Å². The normalized spacial score (nSPS) is 21.0. The Morgan fingerprint density at radius 3 is 2.88 bits per heavy atom. The number of amides is 1. The van der Waals surface area contributed by atoms with Crippen molar-refractivity contribution >= 4 is 5.91 Å². The number of hydrogen-bond acceptors (Lipinski definition) is 3. The summed E-state index contributed by atoms with van der Waals surface area (Å²) in [5.74, 6) is 0.194. The van der Waals surface area contributed by atoms with Gasteiger partial charge in [-0.05, 0) is 36.5 Å². The number of benzene rings is 1. The van der Waals surface area contributed by atoms with Gasteiger partial charge < -0.3 is 14.6 Å². The fourth-order valence-corrected chi connectivity index (χ4v) is 3.27. The lowest BCUT2D eigenvalue weighted by Gasteiger charge is -2.38. The van der Waals surface area contributed by atoms with Crippen molar-refractivity contribution in [1.29, 1.82) is 0 Å². The summed E-state index contributed by atoms with van der Waals surface area (Å²) in [6.45, 7) is 1.31. The average Bonchev–Trinajstić information content (AvgIpc) is 3.10. The van der Waals surface area contributed by atoms with Crippen molar-refractivity contribution in [1.82, 2.24) is 14.9 Å². The summed E-state index contributed by atoms with van der Waals surface area (Å²) < 4.78 is 18.7. The van der Waals surface area contributed by atoms with E-state index in [1.165, 1.54) is 12.1 Å². The first kappa shape index (κ1) is 16.6. The molecule has 1 fully saturated rings.